The summed E-state index contributed by atoms with van der Waals surface area (Å²) in [6, 6.07) is 11.3. The number of Topliss-reactive ketones (excluding diaryl/α,β-unsaturated/α-hetero) is 1. The van der Waals surface area contributed by atoms with Crippen LogP contribution in [0.25, 0.3) is 5.76 Å². The van der Waals surface area contributed by atoms with Gasteiger partial charge in [-0.1, -0.05) is 12.1 Å². The summed E-state index contributed by atoms with van der Waals surface area (Å²) in [7, 11) is 1.53. The minimum absolute atomic E-state index is 0.0191. The van der Waals surface area contributed by atoms with Crippen LogP contribution >= 0.6 is 0 Å². The van der Waals surface area contributed by atoms with Crippen molar-refractivity contribution in [2.45, 2.75) is 19.0 Å². The van der Waals surface area contributed by atoms with Crippen LogP contribution in [0.3, 0.4) is 0 Å². The highest BCUT2D eigenvalue weighted by Crippen LogP contribution is 2.39. The van der Waals surface area contributed by atoms with Gasteiger partial charge >= 0.3 is 0 Å². The van der Waals surface area contributed by atoms with E-state index in [1.165, 1.54) is 36.3 Å². The minimum Gasteiger partial charge on any atom is -0.507 e. The second kappa shape index (κ2) is 9.05. The number of halogens is 1. The maximum atomic E-state index is 13.5. The number of imidazole rings is 1. The van der Waals surface area contributed by atoms with Gasteiger partial charge < -0.3 is 19.3 Å². The van der Waals surface area contributed by atoms with Crippen molar-refractivity contribution < 1.29 is 23.8 Å². The molecule has 8 heteroatoms. The van der Waals surface area contributed by atoms with Crippen LogP contribution in [0.5, 0.6) is 5.75 Å². The van der Waals surface area contributed by atoms with Gasteiger partial charge in [0.15, 0.2) is 0 Å². The van der Waals surface area contributed by atoms with Crippen molar-refractivity contribution in [1.29, 1.82) is 0 Å². The van der Waals surface area contributed by atoms with Crippen LogP contribution in [-0.2, 0) is 16.1 Å². The molecule has 1 atom stereocenters. The molecule has 0 saturated carbocycles. The van der Waals surface area contributed by atoms with Crippen LogP contribution in [0.4, 0.5) is 4.39 Å². The number of methoxy groups -OCH3 is 1. The molecule has 3 aromatic rings. The fourth-order valence-electron chi connectivity index (χ4n) is 3.85. The molecule has 1 aliphatic heterocycles. The van der Waals surface area contributed by atoms with Crippen LogP contribution in [0.15, 0.2) is 72.8 Å². The smallest absolute Gasteiger partial charge is 0.295 e. The van der Waals surface area contributed by atoms with Crippen molar-refractivity contribution in [3.05, 3.63) is 89.8 Å². The number of likely N-dealkylation sites (tertiary alicyclic amines) is 1. The van der Waals surface area contributed by atoms with Gasteiger partial charge in [-0.3, -0.25) is 9.59 Å². The number of nitrogens with zero attached hydrogens (tertiary/aromatic N) is 3. The molecule has 1 aromatic heterocycles. The monoisotopic (exact) mass is 435 g/mol. The molecule has 1 unspecified atom stereocenters. The number of carbonyl (C=O) groups is 2. The number of ether oxygens (including phenoxy) is 1. The lowest BCUT2D eigenvalue weighted by atomic mass is 9.95. The lowest BCUT2D eigenvalue weighted by Crippen LogP contribution is -2.31. The quantitative estimate of drug-likeness (QED) is 0.349. The second-order valence-electron chi connectivity index (χ2n) is 7.43. The summed E-state index contributed by atoms with van der Waals surface area (Å²) < 4.78 is 20.6. The highest BCUT2D eigenvalue weighted by molar-refractivity contribution is 6.46. The maximum Gasteiger partial charge on any atom is 0.295 e. The summed E-state index contributed by atoms with van der Waals surface area (Å²) >= 11 is 0. The van der Waals surface area contributed by atoms with E-state index in [-0.39, 0.29) is 17.9 Å². The summed E-state index contributed by atoms with van der Waals surface area (Å²) in [6.45, 7) is 0.891. The van der Waals surface area contributed by atoms with E-state index < -0.39 is 23.5 Å². The summed E-state index contributed by atoms with van der Waals surface area (Å²) in [6.07, 6.45) is 5.73. The van der Waals surface area contributed by atoms with Gasteiger partial charge in [-0.25, -0.2) is 9.37 Å². The van der Waals surface area contributed by atoms with Crippen LogP contribution in [0, 0.1) is 5.82 Å². The normalized spacial score (nSPS) is 17.7. The predicted octanol–water partition coefficient (Wildman–Crippen LogP) is 3.54. The van der Waals surface area contributed by atoms with Crippen molar-refractivity contribution in [2.75, 3.05) is 13.7 Å². The first-order valence-electron chi connectivity index (χ1n) is 10.1. The Morgan fingerprint density at radius 2 is 1.81 bits per heavy atom. The first kappa shape index (κ1) is 21.3. The molecule has 164 valence electrons. The van der Waals surface area contributed by atoms with Gasteiger partial charge in [0.2, 0.25) is 0 Å². The van der Waals surface area contributed by atoms with Crippen molar-refractivity contribution in [2.24, 2.45) is 0 Å². The van der Waals surface area contributed by atoms with E-state index in [9.17, 15) is 19.1 Å². The van der Waals surface area contributed by atoms with E-state index in [0.717, 1.165) is 0 Å². The van der Waals surface area contributed by atoms with E-state index in [4.69, 9.17) is 4.74 Å². The van der Waals surface area contributed by atoms with E-state index in [1.54, 1.807) is 36.8 Å². The molecule has 1 N–H and O–H groups in total. The zero-order valence-electron chi connectivity index (χ0n) is 17.4. The zero-order chi connectivity index (χ0) is 22.7. The zero-order valence-corrected chi connectivity index (χ0v) is 17.4. The van der Waals surface area contributed by atoms with Gasteiger partial charge in [-0.05, 0) is 48.4 Å². The number of aliphatic hydroxyl groups excluding tert-OH is 1. The number of hydrogen-bond donors (Lipinski definition) is 1. The van der Waals surface area contributed by atoms with Crippen molar-refractivity contribution in [3.8, 4) is 5.75 Å². The van der Waals surface area contributed by atoms with Crippen LogP contribution in [-0.4, -0.2) is 44.9 Å². The summed E-state index contributed by atoms with van der Waals surface area (Å²) in [5.41, 5.74) is 0.909. The van der Waals surface area contributed by atoms with Gasteiger partial charge in [0.25, 0.3) is 11.7 Å². The van der Waals surface area contributed by atoms with Crippen molar-refractivity contribution >= 4 is 17.4 Å². The third-order valence-corrected chi connectivity index (χ3v) is 5.46. The third-order valence-electron chi connectivity index (χ3n) is 5.46. The number of aliphatic hydroxyl groups is 1. The average Bonchev–Trinajstić information content (AvgIpc) is 3.41. The first-order chi connectivity index (χ1) is 15.5. The van der Waals surface area contributed by atoms with Crippen LogP contribution < -0.4 is 4.74 Å². The Kier molecular flexibility index (Phi) is 6.02. The van der Waals surface area contributed by atoms with Gasteiger partial charge in [0.05, 0.1) is 25.1 Å². The standard InChI is InChI=1S/C24H22FN3O4/c1-32-19-9-5-17(6-10-19)22(29)20-21(16-3-7-18(25)8-4-16)28(24(31)23(20)30)13-2-12-27-14-11-26-15-27/h3-11,14-15,21,29H,2,12-13H2,1H3/b22-20+. The van der Waals surface area contributed by atoms with Crippen LogP contribution in [0.1, 0.15) is 23.6 Å². The Hall–Kier alpha value is -3.94. The Morgan fingerprint density at radius 1 is 1.09 bits per heavy atom. The molecule has 0 radical (unpaired) electrons. The minimum atomic E-state index is -0.819. The van der Waals surface area contributed by atoms with Crippen LogP contribution in [0.2, 0.25) is 0 Å². The van der Waals surface area contributed by atoms with Gasteiger partial charge in [-0.2, -0.15) is 0 Å². The summed E-state index contributed by atoms with van der Waals surface area (Å²) in [4.78, 5) is 31.3. The summed E-state index contributed by atoms with van der Waals surface area (Å²) in [5.74, 6) is -1.58. The molecule has 1 aliphatic rings. The third kappa shape index (κ3) is 4.12. The van der Waals surface area contributed by atoms with E-state index >= 15 is 0 Å². The molecule has 0 spiro atoms. The van der Waals surface area contributed by atoms with Gasteiger partial charge in [0.1, 0.15) is 17.3 Å². The molecule has 2 aromatic carbocycles. The van der Waals surface area contributed by atoms with E-state index in [2.05, 4.69) is 4.98 Å². The topological polar surface area (TPSA) is 84.7 Å². The Bertz CT molecular complexity index is 1140. The highest BCUT2D eigenvalue weighted by atomic mass is 19.1. The lowest BCUT2D eigenvalue weighted by molar-refractivity contribution is -0.139. The molecule has 7 nitrogen and oxygen atoms in total. The molecular weight excluding hydrogens is 413 g/mol. The fourth-order valence-corrected chi connectivity index (χ4v) is 3.85. The van der Waals surface area contributed by atoms with Gasteiger partial charge in [-0.15, -0.1) is 0 Å². The lowest BCUT2D eigenvalue weighted by Gasteiger charge is -2.25. The number of amides is 1. The molecule has 2 heterocycles. The molecule has 4 rings (SSSR count). The highest BCUT2D eigenvalue weighted by Gasteiger charge is 2.45. The SMILES string of the molecule is COc1ccc(/C(O)=C2\C(=O)C(=O)N(CCCn3ccnc3)C2c2ccc(F)cc2)cc1. The fraction of sp³-hybridized carbons (Fsp3) is 0.208. The van der Waals surface area contributed by atoms with E-state index in [0.29, 0.717) is 29.8 Å². The number of aromatic nitrogens is 2. The first-order valence-corrected chi connectivity index (χ1v) is 10.1. The molecule has 1 saturated heterocycles. The largest absolute Gasteiger partial charge is 0.507 e. The number of aryl methyl sites for hydroxylation is 1. The number of rotatable bonds is 7. The predicted molar refractivity (Wildman–Crippen MR) is 115 cm³/mol. The number of hydrogen-bond acceptors (Lipinski definition) is 5. The number of benzene rings is 2. The number of ketones is 1. The Balaban J connectivity index is 1.71. The second-order valence-corrected chi connectivity index (χ2v) is 7.43. The molecular formula is C24H22FN3O4. The van der Waals surface area contributed by atoms with E-state index in [1.807, 2.05) is 10.8 Å². The molecule has 32 heavy (non-hydrogen) atoms. The van der Waals surface area contributed by atoms with Crippen molar-refractivity contribution in [1.82, 2.24) is 14.5 Å². The van der Waals surface area contributed by atoms with Gasteiger partial charge in [0, 0.05) is 31.0 Å². The molecule has 0 aliphatic carbocycles. The average molecular weight is 435 g/mol. The summed E-state index contributed by atoms with van der Waals surface area (Å²) in [5, 5.41) is 11.0. The molecule has 0 bridgehead atoms. The maximum absolute atomic E-state index is 13.5. The van der Waals surface area contributed by atoms with Crippen molar-refractivity contribution in [3.63, 3.8) is 0 Å². The molecule has 1 amide bonds. The molecule has 1 fully saturated rings. The Morgan fingerprint density at radius 3 is 2.44 bits per heavy atom. The Labute approximate surface area is 184 Å². The number of carbonyl (C=O) groups excluding carboxylic acids is 2.